The van der Waals surface area contributed by atoms with Gasteiger partial charge in [0.15, 0.2) is 12.0 Å². The molecule has 0 amide bonds. The first-order valence-electron chi connectivity index (χ1n) is 9.24. The van der Waals surface area contributed by atoms with Gasteiger partial charge in [-0.25, -0.2) is 4.79 Å². The van der Waals surface area contributed by atoms with E-state index in [0.29, 0.717) is 17.6 Å². The number of rotatable bonds is 7. The van der Waals surface area contributed by atoms with E-state index in [2.05, 4.69) is 0 Å². The first-order valence-corrected chi connectivity index (χ1v) is 9.24. The van der Waals surface area contributed by atoms with Crippen molar-refractivity contribution in [1.29, 1.82) is 0 Å². The summed E-state index contributed by atoms with van der Waals surface area (Å²) in [7, 11) is 1.63. The fourth-order valence-electron chi connectivity index (χ4n) is 3.54. The highest BCUT2D eigenvalue weighted by molar-refractivity contribution is 6.00. The number of carbonyl (C=O) groups is 2. The molecule has 0 radical (unpaired) electrons. The molecule has 0 spiro atoms. The minimum Gasteiger partial charge on any atom is -0.451 e. The van der Waals surface area contributed by atoms with Gasteiger partial charge in [0, 0.05) is 30.1 Å². The standard InChI is InChI=1S/C22H23NO6/c1-13-9-17(15(3)23(13)14(2)11-27-4)19(25)12-28-22(26)21-10-18(24)16-7-5-6-8-20(16)29-21/h5-10,14H,11-12H2,1-4H3/t14-/m0/s1. The smallest absolute Gasteiger partial charge is 0.374 e. The van der Waals surface area contributed by atoms with Gasteiger partial charge in [-0.05, 0) is 39.0 Å². The summed E-state index contributed by atoms with van der Waals surface area (Å²) in [4.78, 5) is 37.0. The van der Waals surface area contributed by atoms with E-state index in [9.17, 15) is 14.4 Å². The van der Waals surface area contributed by atoms with Gasteiger partial charge in [-0.3, -0.25) is 9.59 Å². The highest BCUT2D eigenvalue weighted by atomic mass is 16.5. The molecular formula is C22H23NO6. The first kappa shape index (κ1) is 20.5. The molecule has 2 aromatic heterocycles. The minimum atomic E-state index is -0.859. The second-order valence-corrected chi connectivity index (χ2v) is 6.93. The van der Waals surface area contributed by atoms with Crippen LogP contribution in [0.15, 0.2) is 45.6 Å². The Morgan fingerprint density at radius 3 is 2.62 bits per heavy atom. The van der Waals surface area contributed by atoms with Gasteiger partial charge >= 0.3 is 5.97 Å². The molecule has 0 aliphatic carbocycles. The average Bonchev–Trinajstić information content (AvgIpc) is 3.00. The van der Waals surface area contributed by atoms with Gasteiger partial charge < -0.3 is 18.5 Å². The second kappa shape index (κ2) is 8.45. The zero-order valence-corrected chi connectivity index (χ0v) is 16.9. The van der Waals surface area contributed by atoms with Crippen LogP contribution < -0.4 is 5.43 Å². The number of aromatic nitrogens is 1. The van der Waals surface area contributed by atoms with Gasteiger partial charge in [-0.1, -0.05) is 12.1 Å². The number of carbonyl (C=O) groups excluding carboxylic acids is 2. The van der Waals surface area contributed by atoms with Crippen LogP contribution >= 0.6 is 0 Å². The van der Waals surface area contributed by atoms with Crippen molar-refractivity contribution >= 4 is 22.7 Å². The van der Waals surface area contributed by atoms with Crippen molar-refractivity contribution in [3.63, 3.8) is 0 Å². The lowest BCUT2D eigenvalue weighted by Gasteiger charge is -2.17. The summed E-state index contributed by atoms with van der Waals surface area (Å²) < 4.78 is 17.8. The maximum absolute atomic E-state index is 12.6. The number of para-hydroxylation sites is 1. The number of aryl methyl sites for hydroxylation is 1. The summed E-state index contributed by atoms with van der Waals surface area (Å²) >= 11 is 0. The van der Waals surface area contributed by atoms with Gasteiger partial charge in [-0.2, -0.15) is 0 Å². The van der Waals surface area contributed by atoms with Crippen molar-refractivity contribution in [3.8, 4) is 0 Å². The number of hydrogen-bond donors (Lipinski definition) is 0. The predicted octanol–water partition coefficient (Wildman–Crippen LogP) is 3.46. The monoisotopic (exact) mass is 397 g/mol. The quantitative estimate of drug-likeness (QED) is 0.448. The average molecular weight is 397 g/mol. The first-order chi connectivity index (χ1) is 13.8. The molecule has 0 saturated carbocycles. The maximum Gasteiger partial charge on any atom is 0.374 e. The zero-order valence-electron chi connectivity index (χ0n) is 16.9. The van der Waals surface area contributed by atoms with E-state index in [0.717, 1.165) is 17.5 Å². The van der Waals surface area contributed by atoms with E-state index in [1.807, 2.05) is 25.3 Å². The fourth-order valence-corrected chi connectivity index (χ4v) is 3.54. The molecule has 0 N–H and O–H groups in total. The van der Waals surface area contributed by atoms with Crippen LogP contribution in [0.1, 0.15) is 45.3 Å². The number of hydrogen-bond acceptors (Lipinski definition) is 6. The number of Topliss-reactive ketones (excluding diaryl/α,β-unsaturated/α-hetero) is 1. The van der Waals surface area contributed by atoms with Crippen molar-refractivity contribution < 1.29 is 23.5 Å². The van der Waals surface area contributed by atoms with Crippen molar-refractivity contribution in [1.82, 2.24) is 4.57 Å². The molecule has 0 unspecified atom stereocenters. The molecule has 7 heteroatoms. The van der Waals surface area contributed by atoms with Crippen molar-refractivity contribution in [3.05, 3.63) is 69.3 Å². The molecule has 0 bridgehead atoms. The molecule has 1 atom stereocenters. The molecule has 3 aromatic rings. The molecule has 152 valence electrons. The van der Waals surface area contributed by atoms with Crippen LogP contribution in [-0.4, -0.2) is 36.6 Å². The molecule has 0 fully saturated rings. The van der Waals surface area contributed by atoms with Gasteiger partial charge in [-0.15, -0.1) is 0 Å². The van der Waals surface area contributed by atoms with Crippen LogP contribution in [0, 0.1) is 13.8 Å². The van der Waals surface area contributed by atoms with Crippen LogP contribution in [0.2, 0.25) is 0 Å². The lowest BCUT2D eigenvalue weighted by Crippen LogP contribution is -2.17. The molecule has 29 heavy (non-hydrogen) atoms. The fraction of sp³-hybridized carbons (Fsp3) is 0.318. The summed E-state index contributed by atoms with van der Waals surface area (Å²) in [5, 5.41) is 0.373. The van der Waals surface area contributed by atoms with E-state index < -0.39 is 12.6 Å². The molecule has 2 heterocycles. The normalized spacial score (nSPS) is 12.1. The lowest BCUT2D eigenvalue weighted by atomic mass is 10.1. The molecule has 0 saturated heterocycles. The molecular weight excluding hydrogens is 374 g/mol. The topological polar surface area (TPSA) is 87.7 Å². The SMILES string of the molecule is COC[C@H](C)n1c(C)cc(C(=O)COC(=O)c2cc(=O)c3ccccc3o2)c1C. The Bertz CT molecular complexity index is 1120. The van der Waals surface area contributed by atoms with E-state index >= 15 is 0 Å². The van der Waals surface area contributed by atoms with Gasteiger partial charge in [0.2, 0.25) is 11.5 Å². The third-order valence-corrected chi connectivity index (χ3v) is 4.80. The van der Waals surface area contributed by atoms with Crippen LogP contribution in [0.5, 0.6) is 0 Å². The Labute approximate surface area is 167 Å². The number of methoxy groups -OCH3 is 1. The Hall–Kier alpha value is -3.19. The van der Waals surface area contributed by atoms with Crippen LogP contribution in [-0.2, 0) is 9.47 Å². The largest absolute Gasteiger partial charge is 0.451 e. The zero-order chi connectivity index (χ0) is 21.1. The molecule has 1 aromatic carbocycles. The Morgan fingerprint density at radius 1 is 1.17 bits per heavy atom. The molecule has 0 aliphatic rings. The van der Waals surface area contributed by atoms with Gasteiger partial charge in [0.1, 0.15) is 5.58 Å². The maximum atomic E-state index is 12.6. The number of nitrogens with zero attached hydrogens (tertiary/aromatic N) is 1. The Balaban J connectivity index is 1.75. The molecule has 7 nitrogen and oxygen atoms in total. The van der Waals surface area contributed by atoms with Crippen molar-refractivity contribution in [2.75, 3.05) is 20.3 Å². The predicted molar refractivity (Wildman–Crippen MR) is 108 cm³/mol. The van der Waals surface area contributed by atoms with E-state index in [-0.39, 0.29) is 28.6 Å². The summed E-state index contributed by atoms with van der Waals surface area (Å²) in [6, 6.07) is 9.52. The number of esters is 1. The number of ketones is 1. The lowest BCUT2D eigenvalue weighted by molar-refractivity contribution is 0.0444. The van der Waals surface area contributed by atoms with Crippen LogP contribution in [0.25, 0.3) is 11.0 Å². The molecule has 0 aliphatic heterocycles. The summed E-state index contributed by atoms with van der Waals surface area (Å²) in [5.74, 6) is -1.42. The van der Waals surface area contributed by atoms with Crippen molar-refractivity contribution in [2.45, 2.75) is 26.8 Å². The van der Waals surface area contributed by atoms with Gasteiger partial charge in [0.05, 0.1) is 18.0 Å². The minimum absolute atomic E-state index is 0.0657. The summed E-state index contributed by atoms with van der Waals surface area (Å²) in [5.41, 5.74) is 2.13. The van der Waals surface area contributed by atoms with Crippen molar-refractivity contribution in [2.24, 2.45) is 0 Å². The second-order valence-electron chi connectivity index (χ2n) is 6.93. The van der Waals surface area contributed by atoms with Gasteiger partial charge in [0.25, 0.3) is 0 Å². The number of ether oxygens (including phenoxy) is 2. The Kier molecular flexibility index (Phi) is 5.98. The van der Waals surface area contributed by atoms with Crippen LogP contribution in [0.3, 0.4) is 0 Å². The van der Waals surface area contributed by atoms with E-state index in [1.165, 1.54) is 0 Å². The molecule has 3 rings (SSSR count). The van der Waals surface area contributed by atoms with E-state index in [4.69, 9.17) is 13.9 Å². The Morgan fingerprint density at radius 2 is 1.90 bits per heavy atom. The van der Waals surface area contributed by atoms with Crippen LogP contribution in [0.4, 0.5) is 0 Å². The van der Waals surface area contributed by atoms with E-state index in [1.54, 1.807) is 37.4 Å². The third kappa shape index (κ3) is 4.14. The number of fused-ring (bicyclic) bond motifs is 1. The summed E-state index contributed by atoms with van der Waals surface area (Å²) in [6.07, 6.45) is 0. The summed E-state index contributed by atoms with van der Waals surface area (Å²) in [6.45, 7) is 5.82. The highest BCUT2D eigenvalue weighted by Gasteiger charge is 2.21. The highest BCUT2D eigenvalue weighted by Crippen LogP contribution is 2.21. The third-order valence-electron chi connectivity index (χ3n) is 4.80. The number of benzene rings is 1.